The number of rotatable bonds is 29. The van der Waals surface area contributed by atoms with Crippen LogP contribution in [-0.2, 0) is 47.1 Å². The van der Waals surface area contributed by atoms with E-state index < -0.39 is 8.32 Å². The van der Waals surface area contributed by atoms with Crippen LogP contribution in [-0.4, -0.2) is 127 Å². The molecule has 0 rings (SSSR count). The van der Waals surface area contributed by atoms with Gasteiger partial charge < -0.3 is 47.1 Å². The van der Waals surface area contributed by atoms with Crippen LogP contribution in [0.3, 0.4) is 0 Å². The summed E-state index contributed by atoms with van der Waals surface area (Å²) in [6.07, 6.45) is 1.40. The van der Waals surface area contributed by atoms with Gasteiger partial charge >= 0.3 is 0 Å². The van der Waals surface area contributed by atoms with Crippen molar-refractivity contribution in [2.45, 2.75) is 19.6 Å². The van der Waals surface area contributed by atoms with Crippen LogP contribution in [0.15, 0.2) is 12.8 Å². The van der Waals surface area contributed by atoms with Crippen molar-refractivity contribution in [2.24, 2.45) is 0 Å². The van der Waals surface area contributed by atoms with E-state index in [1.165, 1.54) is 6.26 Å². The Balaban J connectivity index is 3.03. The summed E-state index contributed by atoms with van der Waals surface area (Å²) in [7, 11) is -1.44. The molecule has 0 aliphatic heterocycles. The first-order valence-corrected chi connectivity index (χ1v) is 15.5. The number of hydrogen-bond acceptors (Lipinski definition) is 10. The minimum atomic E-state index is -1.44. The van der Waals surface area contributed by atoms with Crippen LogP contribution in [0.4, 0.5) is 0 Å². The molecule has 0 aromatic rings. The molecule has 10 nitrogen and oxygen atoms in total. The van der Waals surface area contributed by atoms with Crippen molar-refractivity contribution >= 4 is 8.32 Å². The fourth-order valence-electron chi connectivity index (χ4n) is 2.24. The zero-order valence-electron chi connectivity index (χ0n) is 21.6. The molecule has 0 radical (unpaired) electrons. The highest BCUT2D eigenvalue weighted by molar-refractivity contribution is 6.69. The van der Waals surface area contributed by atoms with Gasteiger partial charge in [0, 0.05) is 0 Å². The van der Waals surface area contributed by atoms with E-state index in [9.17, 15) is 0 Å². The van der Waals surface area contributed by atoms with Crippen molar-refractivity contribution in [3.8, 4) is 0 Å². The van der Waals surface area contributed by atoms with Gasteiger partial charge in [0.15, 0.2) is 8.32 Å². The topological polar surface area (TPSA) is 92.3 Å². The van der Waals surface area contributed by atoms with Crippen molar-refractivity contribution in [1.82, 2.24) is 0 Å². The number of hydrogen-bond donors (Lipinski definition) is 0. The van der Waals surface area contributed by atoms with Gasteiger partial charge in [-0.3, -0.25) is 0 Å². The molecule has 0 N–H and O–H groups in total. The molecule has 0 aromatic carbocycles. The van der Waals surface area contributed by atoms with Gasteiger partial charge in [-0.15, -0.1) is 0 Å². The lowest BCUT2D eigenvalue weighted by atomic mass is 10.6. The fourth-order valence-corrected chi connectivity index (χ4v) is 2.93. The molecule has 0 aliphatic carbocycles. The molecule has 11 heteroatoms. The van der Waals surface area contributed by atoms with Crippen LogP contribution < -0.4 is 0 Å². The van der Waals surface area contributed by atoms with Crippen molar-refractivity contribution in [1.29, 1.82) is 0 Å². The molecular formula is C23H48O10Si. The summed E-state index contributed by atoms with van der Waals surface area (Å²) in [5.41, 5.74) is 0. The fraction of sp³-hybridized carbons (Fsp3) is 0.913. The first-order valence-electron chi connectivity index (χ1n) is 12.0. The highest BCUT2D eigenvalue weighted by Gasteiger charge is 2.12. The highest BCUT2D eigenvalue weighted by Crippen LogP contribution is 2.01. The molecule has 0 spiro atoms. The van der Waals surface area contributed by atoms with Gasteiger partial charge in [0.25, 0.3) is 0 Å². The Labute approximate surface area is 207 Å². The van der Waals surface area contributed by atoms with E-state index in [2.05, 4.69) is 26.2 Å². The second-order valence-corrected chi connectivity index (χ2v) is 12.4. The maximum absolute atomic E-state index is 5.70. The van der Waals surface area contributed by atoms with E-state index in [-0.39, 0.29) is 0 Å². The van der Waals surface area contributed by atoms with Gasteiger partial charge in [-0.1, -0.05) is 6.58 Å². The van der Waals surface area contributed by atoms with Crippen LogP contribution in [0.25, 0.3) is 0 Å². The second kappa shape index (κ2) is 27.0. The summed E-state index contributed by atoms with van der Waals surface area (Å²) in [6.45, 7) is 19.7. The van der Waals surface area contributed by atoms with E-state index >= 15 is 0 Å². The molecule has 0 atom stereocenters. The van der Waals surface area contributed by atoms with Crippen molar-refractivity contribution in [2.75, 3.05) is 119 Å². The minimum Gasteiger partial charge on any atom is -0.499 e. The molecule has 0 bridgehead atoms. The van der Waals surface area contributed by atoms with Gasteiger partial charge in [0.05, 0.1) is 119 Å². The monoisotopic (exact) mass is 512 g/mol. The standard InChI is InChI=1S/C23H48O10Si/c1-5-24-6-7-25-8-9-26-10-11-27-12-13-28-14-15-29-16-17-30-18-19-31-20-21-32-22-23-33-34(2,3)4/h5H,1,6-23H2,2-4H3. The second-order valence-electron chi connectivity index (χ2n) is 7.90. The van der Waals surface area contributed by atoms with Crippen LogP contribution in [0.1, 0.15) is 0 Å². The molecule has 0 heterocycles. The van der Waals surface area contributed by atoms with Gasteiger partial charge in [-0.05, 0) is 19.6 Å². The van der Waals surface area contributed by atoms with Crippen LogP contribution in [0.5, 0.6) is 0 Å². The highest BCUT2D eigenvalue weighted by atomic mass is 28.4. The summed E-state index contributed by atoms with van der Waals surface area (Å²) in [4.78, 5) is 0. The molecule has 0 aliphatic rings. The van der Waals surface area contributed by atoms with Gasteiger partial charge in [-0.2, -0.15) is 0 Å². The molecule has 34 heavy (non-hydrogen) atoms. The first kappa shape index (κ1) is 33.4. The zero-order chi connectivity index (χ0) is 25.0. The first-order chi connectivity index (χ1) is 16.6. The Hall–Kier alpha value is -0.603. The van der Waals surface area contributed by atoms with Crippen molar-refractivity contribution < 1.29 is 47.1 Å². The quantitative estimate of drug-likeness (QED) is 0.0843. The molecule has 204 valence electrons. The maximum atomic E-state index is 5.70. The van der Waals surface area contributed by atoms with Crippen molar-refractivity contribution in [3.05, 3.63) is 12.8 Å². The van der Waals surface area contributed by atoms with Gasteiger partial charge in [0.1, 0.15) is 6.61 Å². The van der Waals surface area contributed by atoms with E-state index in [1.807, 2.05) is 0 Å². The summed E-state index contributed by atoms with van der Waals surface area (Å²) in [6, 6.07) is 0. The van der Waals surface area contributed by atoms with Crippen LogP contribution in [0, 0.1) is 0 Å². The molecule has 0 saturated heterocycles. The molecule has 0 saturated carbocycles. The molecule has 0 aromatic heterocycles. The Morgan fingerprint density at radius 3 is 0.882 bits per heavy atom. The summed E-state index contributed by atoms with van der Waals surface area (Å²) >= 11 is 0. The summed E-state index contributed by atoms with van der Waals surface area (Å²) in [5, 5.41) is 0. The third-order valence-electron chi connectivity index (χ3n) is 3.83. The zero-order valence-corrected chi connectivity index (χ0v) is 22.6. The lowest BCUT2D eigenvalue weighted by Gasteiger charge is -2.16. The van der Waals surface area contributed by atoms with Gasteiger partial charge in [-0.25, -0.2) is 0 Å². The summed E-state index contributed by atoms with van der Waals surface area (Å²) in [5.74, 6) is 0. The normalized spacial score (nSPS) is 11.7. The Morgan fingerprint density at radius 2 is 0.647 bits per heavy atom. The average molecular weight is 513 g/mol. The SMILES string of the molecule is C=COCCOCCOCCOCCOCCOCCOCCOCCOCCO[Si](C)(C)C. The maximum Gasteiger partial charge on any atom is 0.183 e. The Bertz CT molecular complexity index is 410. The third kappa shape index (κ3) is 31.4. The van der Waals surface area contributed by atoms with Gasteiger partial charge in [0.2, 0.25) is 0 Å². The lowest BCUT2D eigenvalue weighted by Crippen LogP contribution is -2.27. The molecular weight excluding hydrogens is 464 g/mol. The smallest absolute Gasteiger partial charge is 0.183 e. The van der Waals surface area contributed by atoms with Crippen LogP contribution in [0.2, 0.25) is 19.6 Å². The molecule has 0 unspecified atom stereocenters. The van der Waals surface area contributed by atoms with E-state index in [0.29, 0.717) is 119 Å². The van der Waals surface area contributed by atoms with E-state index in [4.69, 9.17) is 47.1 Å². The molecule has 0 fully saturated rings. The largest absolute Gasteiger partial charge is 0.499 e. The Kier molecular flexibility index (Phi) is 26.5. The Morgan fingerprint density at radius 1 is 0.412 bits per heavy atom. The lowest BCUT2D eigenvalue weighted by molar-refractivity contribution is -0.0244. The average Bonchev–Trinajstić information content (AvgIpc) is 2.80. The predicted molar refractivity (Wildman–Crippen MR) is 132 cm³/mol. The predicted octanol–water partition coefficient (Wildman–Crippen LogP) is 2.13. The summed E-state index contributed by atoms with van der Waals surface area (Å²) < 4.78 is 54.0. The van der Waals surface area contributed by atoms with Crippen molar-refractivity contribution in [3.63, 3.8) is 0 Å². The third-order valence-corrected chi connectivity index (χ3v) is 4.90. The van der Waals surface area contributed by atoms with Crippen LogP contribution >= 0.6 is 0 Å². The van der Waals surface area contributed by atoms with E-state index in [0.717, 1.165) is 0 Å². The van der Waals surface area contributed by atoms with E-state index in [1.54, 1.807) is 0 Å². The molecule has 0 amide bonds. The minimum absolute atomic E-state index is 0.508. The number of ether oxygens (including phenoxy) is 9.